The van der Waals surface area contributed by atoms with Gasteiger partial charge in [0.25, 0.3) is 0 Å². The standard InChI is InChI=1S/C19H15/c1-19(2)10-9-16-14(12-19)11-18-15-6-4-3-5-13(15)7-8-17(16)18/h3-6,8-12H,1-2H3. The minimum absolute atomic E-state index is 0.150. The Balaban J connectivity index is 2.17. The molecule has 19 heavy (non-hydrogen) atoms. The second kappa shape index (κ2) is 3.48. The molecule has 0 spiro atoms. The predicted molar refractivity (Wildman–Crippen MR) is 80.9 cm³/mol. The fourth-order valence-corrected chi connectivity index (χ4v) is 3.04. The third-order valence-corrected chi connectivity index (χ3v) is 3.99. The first-order valence-electron chi connectivity index (χ1n) is 6.72. The van der Waals surface area contributed by atoms with Gasteiger partial charge in [-0.3, -0.25) is 0 Å². The molecule has 0 aliphatic heterocycles. The lowest BCUT2D eigenvalue weighted by atomic mass is 9.84. The summed E-state index contributed by atoms with van der Waals surface area (Å²) in [5, 5.41) is 5.16. The van der Waals surface area contributed by atoms with Crippen molar-refractivity contribution in [2.24, 2.45) is 5.41 Å². The van der Waals surface area contributed by atoms with Gasteiger partial charge in [-0.2, -0.15) is 0 Å². The molecule has 0 nitrogen and oxygen atoms in total. The van der Waals surface area contributed by atoms with Crippen LogP contribution < -0.4 is 10.4 Å². The summed E-state index contributed by atoms with van der Waals surface area (Å²) in [6, 6.07) is 14.0. The molecule has 0 N–H and O–H groups in total. The van der Waals surface area contributed by atoms with Crippen molar-refractivity contribution in [3.8, 4) is 0 Å². The Morgan fingerprint density at radius 1 is 1.11 bits per heavy atom. The zero-order valence-electron chi connectivity index (χ0n) is 11.2. The van der Waals surface area contributed by atoms with Gasteiger partial charge in [0.2, 0.25) is 0 Å². The maximum Gasteiger partial charge on any atom is 0.00169 e. The van der Waals surface area contributed by atoms with Crippen molar-refractivity contribution in [1.82, 2.24) is 0 Å². The van der Waals surface area contributed by atoms with E-state index in [1.807, 2.05) is 0 Å². The molecule has 4 rings (SSSR count). The highest BCUT2D eigenvalue weighted by atomic mass is 14.2. The van der Waals surface area contributed by atoms with Crippen LogP contribution >= 0.6 is 0 Å². The maximum absolute atomic E-state index is 3.40. The highest BCUT2D eigenvalue weighted by molar-refractivity contribution is 5.94. The van der Waals surface area contributed by atoms with Crippen LogP contribution in [-0.4, -0.2) is 0 Å². The van der Waals surface area contributed by atoms with E-state index in [0.717, 1.165) is 0 Å². The van der Waals surface area contributed by atoms with E-state index in [2.05, 4.69) is 74.5 Å². The van der Waals surface area contributed by atoms with Crippen LogP contribution in [0.25, 0.3) is 22.4 Å². The number of hydrogen-bond donors (Lipinski definition) is 0. The molecule has 0 bridgehead atoms. The van der Waals surface area contributed by atoms with Crippen LogP contribution in [0.4, 0.5) is 0 Å². The van der Waals surface area contributed by atoms with Crippen molar-refractivity contribution in [1.29, 1.82) is 0 Å². The summed E-state index contributed by atoms with van der Waals surface area (Å²) in [4.78, 5) is 0. The first-order chi connectivity index (χ1) is 9.14. The number of allylic oxidation sites excluding steroid dienone is 4. The number of benzene rings is 2. The minimum atomic E-state index is 0.150. The van der Waals surface area contributed by atoms with E-state index in [1.165, 1.54) is 32.4 Å². The van der Waals surface area contributed by atoms with Crippen molar-refractivity contribution in [3.05, 3.63) is 70.6 Å². The number of hydrogen-bond acceptors (Lipinski definition) is 0. The molecule has 1 radical (unpaired) electrons. The Labute approximate surface area is 113 Å². The predicted octanol–water partition coefficient (Wildman–Crippen LogP) is 3.11. The molecule has 2 aliphatic rings. The number of rotatable bonds is 0. The van der Waals surface area contributed by atoms with Crippen molar-refractivity contribution < 1.29 is 0 Å². The molecule has 0 atom stereocenters. The Bertz CT molecular complexity index is 874. The summed E-state index contributed by atoms with van der Waals surface area (Å²) in [6.07, 6.45) is 9.23. The van der Waals surface area contributed by atoms with Gasteiger partial charge >= 0.3 is 0 Å². The summed E-state index contributed by atoms with van der Waals surface area (Å²) in [7, 11) is 0. The quantitative estimate of drug-likeness (QED) is 0.667. The van der Waals surface area contributed by atoms with Gasteiger partial charge in [-0.15, -0.1) is 0 Å². The second-order valence-electron chi connectivity index (χ2n) is 5.97. The van der Waals surface area contributed by atoms with E-state index in [9.17, 15) is 0 Å². The average molecular weight is 243 g/mol. The highest BCUT2D eigenvalue weighted by Gasteiger charge is 2.20. The van der Waals surface area contributed by atoms with Gasteiger partial charge in [-0.1, -0.05) is 56.3 Å². The Morgan fingerprint density at radius 3 is 2.84 bits per heavy atom. The largest absolute Gasteiger partial charge is 0.0744 e. The fourth-order valence-electron chi connectivity index (χ4n) is 3.04. The summed E-state index contributed by atoms with van der Waals surface area (Å²) < 4.78 is 0. The SMILES string of the molecule is CC1(C)C=CC2=c3c[c]c4ccccc4c3=CC2=C1. The normalized spacial score (nSPS) is 18.8. The Hall–Kier alpha value is -2.08. The first kappa shape index (κ1) is 10.8. The van der Waals surface area contributed by atoms with Gasteiger partial charge in [0.05, 0.1) is 0 Å². The van der Waals surface area contributed by atoms with Gasteiger partial charge in [-0.05, 0) is 50.6 Å². The zero-order valence-corrected chi connectivity index (χ0v) is 11.2. The van der Waals surface area contributed by atoms with Crippen molar-refractivity contribution in [2.75, 3.05) is 0 Å². The highest BCUT2D eigenvalue weighted by Crippen LogP contribution is 2.32. The van der Waals surface area contributed by atoms with Crippen molar-refractivity contribution >= 4 is 22.4 Å². The molecule has 0 heteroatoms. The van der Waals surface area contributed by atoms with Crippen LogP contribution in [0.5, 0.6) is 0 Å². The molecule has 0 unspecified atom stereocenters. The first-order valence-corrected chi connectivity index (χ1v) is 6.72. The molecule has 0 saturated heterocycles. The zero-order chi connectivity index (χ0) is 13.0. The molecule has 2 aliphatic carbocycles. The van der Waals surface area contributed by atoms with E-state index in [0.29, 0.717) is 0 Å². The Kier molecular flexibility index (Phi) is 1.98. The van der Waals surface area contributed by atoms with E-state index in [-0.39, 0.29) is 5.41 Å². The molecule has 91 valence electrons. The lowest BCUT2D eigenvalue weighted by Crippen LogP contribution is -2.23. The summed E-state index contributed by atoms with van der Waals surface area (Å²) in [5.41, 5.74) is 2.85. The van der Waals surface area contributed by atoms with E-state index in [1.54, 1.807) is 0 Å². The second-order valence-corrected chi connectivity index (χ2v) is 5.97. The van der Waals surface area contributed by atoms with Gasteiger partial charge in [0, 0.05) is 5.41 Å². The third kappa shape index (κ3) is 1.53. The van der Waals surface area contributed by atoms with Crippen molar-refractivity contribution in [3.63, 3.8) is 0 Å². The van der Waals surface area contributed by atoms with Crippen LogP contribution in [0.1, 0.15) is 13.8 Å². The minimum Gasteiger partial charge on any atom is -0.0744 e. The fraction of sp³-hybridized carbons (Fsp3) is 0.158. The topological polar surface area (TPSA) is 0 Å². The smallest absolute Gasteiger partial charge is 0.00169 e. The summed E-state index contributed by atoms with van der Waals surface area (Å²) in [6.45, 7) is 4.49. The molecule has 0 amide bonds. The Morgan fingerprint density at radius 2 is 1.95 bits per heavy atom. The van der Waals surface area contributed by atoms with Crippen LogP contribution in [0, 0.1) is 11.5 Å². The molecular weight excluding hydrogens is 228 g/mol. The van der Waals surface area contributed by atoms with Gasteiger partial charge < -0.3 is 0 Å². The van der Waals surface area contributed by atoms with E-state index < -0.39 is 0 Å². The molecule has 0 aromatic heterocycles. The monoisotopic (exact) mass is 243 g/mol. The average Bonchev–Trinajstić information content (AvgIpc) is 2.75. The molecule has 0 fully saturated rings. The maximum atomic E-state index is 3.40. The summed E-state index contributed by atoms with van der Waals surface area (Å²) in [5.74, 6) is 0. The molecular formula is C19H15. The van der Waals surface area contributed by atoms with Crippen molar-refractivity contribution in [2.45, 2.75) is 13.8 Å². The van der Waals surface area contributed by atoms with Crippen LogP contribution in [0.2, 0.25) is 0 Å². The molecule has 0 heterocycles. The van der Waals surface area contributed by atoms with Gasteiger partial charge in [0.1, 0.15) is 0 Å². The van der Waals surface area contributed by atoms with Crippen LogP contribution in [0.15, 0.2) is 54.1 Å². The van der Waals surface area contributed by atoms with Crippen LogP contribution in [0.3, 0.4) is 0 Å². The third-order valence-electron chi connectivity index (χ3n) is 3.99. The molecule has 2 aromatic carbocycles. The summed E-state index contributed by atoms with van der Waals surface area (Å²) >= 11 is 0. The van der Waals surface area contributed by atoms with Crippen LogP contribution in [-0.2, 0) is 0 Å². The molecule has 0 saturated carbocycles. The van der Waals surface area contributed by atoms with Gasteiger partial charge in [-0.25, -0.2) is 0 Å². The van der Waals surface area contributed by atoms with E-state index >= 15 is 0 Å². The lowest BCUT2D eigenvalue weighted by molar-refractivity contribution is 0.621. The lowest BCUT2D eigenvalue weighted by Gasteiger charge is -2.21. The van der Waals surface area contributed by atoms with Gasteiger partial charge in [0.15, 0.2) is 0 Å². The number of fused-ring (bicyclic) bond motifs is 4. The molecule has 2 aromatic rings. The van der Waals surface area contributed by atoms with E-state index in [4.69, 9.17) is 0 Å².